The van der Waals surface area contributed by atoms with Gasteiger partial charge in [-0.05, 0) is 32.0 Å². The number of anilines is 1. The Morgan fingerprint density at radius 1 is 1.39 bits per heavy atom. The number of aromatic amines is 1. The molecule has 4 nitrogen and oxygen atoms in total. The number of hydrogen-bond acceptors (Lipinski definition) is 3. The summed E-state index contributed by atoms with van der Waals surface area (Å²) in [6.07, 6.45) is 0. The average Bonchev–Trinajstić information content (AvgIpc) is 2.67. The van der Waals surface area contributed by atoms with Crippen molar-refractivity contribution >= 4 is 21.6 Å². The Morgan fingerprint density at radius 2 is 2.17 bits per heavy atom. The average molecular weight is 310 g/mol. The quantitative estimate of drug-likeness (QED) is 0.910. The van der Waals surface area contributed by atoms with Gasteiger partial charge in [0.1, 0.15) is 5.75 Å². The van der Waals surface area contributed by atoms with Crippen LogP contribution in [0.3, 0.4) is 0 Å². The van der Waals surface area contributed by atoms with E-state index in [9.17, 15) is 0 Å². The molecule has 0 atom stereocenters. The molecule has 0 spiro atoms. The molecular formula is C13H16BrN3O. The van der Waals surface area contributed by atoms with Crippen LogP contribution in [0, 0.1) is 13.8 Å². The number of methoxy groups -OCH3 is 1. The summed E-state index contributed by atoms with van der Waals surface area (Å²) >= 11 is 3.46. The van der Waals surface area contributed by atoms with Crippen LogP contribution in [0.4, 0.5) is 5.69 Å². The lowest BCUT2D eigenvalue weighted by atomic mass is 10.2. The molecule has 1 aromatic heterocycles. The molecule has 0 radical (unpaired) electrons. The zero-order valence-electron chi connectivity index (χ0n) is 10.7. The van der Waals surface area contributed by atoms with E-state index in [2.05, 4.69) is 31.4 Å². The molecule has 2 aromatic rings. The number of aryl methyl sites for hydroxylation is 2. The van der Waals surface area contributed by atoms with Crippen LogP contribution in [-0.4, -0.2) is 17.3 Å². The Bertz CT molecular complexity index is 532. The number of H-pyrrole nitrogens is 1. The number of benzene rings is 1. The minimum atomic E-state index is 0.723. The molecule has 0 bridgehead atoms. The smallest absolute Gasteiger partial charge is 0.142 e. The van der Waals surface area contributed by atoms with E-state index in [0.717, 1.165) is 33.8 Å². The summed E-state index contributed by atoms with van der Waals surface area (Å²) in [6.45, 7) is 4.74. The highest BCUT2D eigenvalue weighted by Gasteiger charge is 2.08. The molecule has 1 heterocycles. The van der Waals surface area contributed by atoms with Crippen LogP contribution in [0.1, 0.15) is 17.0 Å². The molecule has 0 aliphatic heterocycles. The highest BCUT2D eigenvalue weighted by molar-refractivity contribution is 9.10. The third-order valence-electron chi connectivity index (χ3n) is 2.90. The zero-order chi connectivity index (χ0) is 13.1. The van der Waals surface area contributed by atoms with Gasteiger partial charge in [0.25, 0.3) is 0 Å². The lowest BCUT2D eigenvalue weighted by Crippen LogP contribution is -2.03. The molecule has 0 fully saturated rings. The van der Waals surface area contributed by atoms with Crippen LogP contribution in [0.2, 0.25) is 0 Å². The van der Waals surface area contributed by atoms with Crippen molar-refractivity contribution in [3.63, 3.8) is 0 Å². The van der Waals surface area contributed by atoms with Gasteiger partial charge >= 0.3 is 0 Å². The van der Waals surface area contributed by atoms with Crippen LogP contribution in [0.25, 0.3) is 0 Å². The second-order valence-electron chi connectivity index (χ2n) is 4.11. The topological polar surface area (TPSA) is 49.9 Å². The Morgan fingerprint density at radius 3 is 2.78 bits per heavy atom. The largest absolute Gasteiger partial charge is 0.495 e. The molecular weight excluding hydrogens is 294 g/mol. The monoisotopic (exact) mass is 309 g/mol. The predicted octanol–water partition coefficient (Wildman–Crippen LogP) is 3.41. The van der Waals surface area contributed by atoms with Crippen LogP contribution < -0.4 is 10.1 Å². The third kappa shape index (κ3) is 2.67. The fourth-order valence-electron chi connectivity index (χ4n) is 1.84. The molecule has 5 heteroatoms. The van der Waals surface area contributed by atoms with E-state index in [0.29, 0.717) is 0 Å². The summed E-state index contributed by atoms with van der Waals surface area (Å²) in [6, 6.07) is 5.89. The fourth-order valence-corrected chi connectivity index (χ4v) is 2.20. The Hall–Kier alpha value is -1.49. The second kappa shape index (κ2) is 5.44. The van der Waals surface area contributed by atoms with E-state index in [4.69, 9.17) is 4.74 Å². The van der Waals surface area contributed by atoms with Gasteiger partial charge in [0.15, 0.2) is 0 Å². The standard InChI is InChI=1S/C13H16BrN3O/c1-8-11(9(2)17-16-8)7-15-12-6-10(14)4-5-13(12)18-3/h4-6,15H,7H2,1-3H3,(H,16,17). The van der Waals surface area contributed by atoms with Crippen molar-refractivity contribution in [3.05, 3.63) is 39.6 Å². The summed E-state index contributed by atoms with van der Waals surface area (Å²) in [5.74, 6) is 0.831. The predicted molar refractivity (Wildman–Crippen MR) is 76.1 cm³/mol. The van der Waals surface area contributed by atoms with Gasteiger partial charge < -0.3 is 10.1 Å². The minimum absolute atomic E-state index is 0.723. The summed E-state index contributed by atoms with van der Waals surface area (Å²) in [5.41, 5.74) is 4.27. The Kier molecular flexibility index (Phi) is 3.91. The second-order valence-corrected chi connectivity index (χ2v) is 5.03. The zero-order valence-corrected chi connectivity index (χ0v) is 12.3. The molecule has 2 rings (SSSR count). The van der Waals surface area contributed by atoms with Crippen molar-refractivity contribution in [1.82, 2.24) is 10.2 Å². The summed E-state index contributed by atoms with van der Waals surface area (Å²) in [5, 5.41) is 10.5. The SMILES string of the molecule is COc1ccc(Br)cc1NCc1c(C)n[nH]c1C. The number of ether oxygens (including phenoxy) is 1. The maximum Gasteiger partial charge on any atom is 0.142 e. The highest BCUT2D eigenvalue weighted by atomic mass is 79.9. The van der Waals surface area contributed by atoms with Gasteiger partial charge in [-0.15, -0.1) is 0 Å². The van der Waals surface area contributed by atoms with Gasteiger partial charge in [0.05, 0.1) is 18.5 Å². The number of nitrogens with one attached hydrogen (secondary N) is 2. The summed E-state index contributed by atoms with van der Waals surface area (Å²) in [4.78, 5) is 0. The van der Waals surface area contributed by atoms with Gasteiger partial charge in [-0.2, -0.15) is 5.10 Å². The number of hydrogen-bond donors (Lipinski definition) is 2. The van der Waals surface area contributed by atoms with Crippen molar-refractivity contribution in [2.75, 3.05) is 12.4 Å². The molecule has 0 saturated carbocycles. The minimum Gasteiger partial charge on any atom is -0.495 e. The van der Waals surface area contributed by atoms with Crippen LogP contribution >= 0.6 is 15.9 Å². The van der Waals surface area contributed by atoms with Crippen molar-refractivity contribution < 1.29 is 4.74 Å². The van der Waals surface area contributed by atoms with Crippen molar-refractivity contribution in [2.45, 2.75) is 20.4 Å². The molecule has 2 N–H and O–H groups in total. The molecule has 0 aliphatic carbocycles. The molecule has 0 aliphatic rings. The lowest BCUT2D eigenvalue weighted by Gasteiger charge is -2.11. The van der Waals surface area contributed by atoms with E-state index in [1.54, 1.807) is 7.11 Å². The van der Waals surface area contributed by atoms with Gasteiger partial charge in [-0.3, -0.25) is 5.10 Å². The first kappa shape index (κ1) is 13.0. The Balaban J connectivity index is 2.17. The number of aromatic nitrogens is 2. The maximum atomic E-state index is 5.32. The normalized spacial score (nSPS) is 10.4. The fraction of sp³-hybridized carbons (Fsp3) is 0.308. The van der Waals surface area contributed by atoms with E-state index in [1.807, 2.05) is 32.0 Å². The van der Waals surface area contributed by atoms with E-state index in [-0.39, 0.29) is 0 Å². The summed E-state index contributed by atoms with van der Waals surface area (Å²) < 4.78 is 6.34. The number of nitrogens with zero attached hydrogens (tertiary/aromatic N) is 1. The summed E-state index contributed by atoms with van der Waals surface area (Å²) in [7, 11) is 1.67. The van der Waals surface area contributed by atoms with Crippen LogP contribution in [0.5, 0.6) is 5.75 Å². The van der Waals surface area contributed by atoms with Gasteiger partial charge in [-0.25, -0.2) is 0 Å². The first-order valence-electron chi connectivity index (χ1n) is 5.69. The Labute approximate surface area is 115 Å². The van der Waals surface area contributed by atoms with E-state index in [1.165, 1.54) is 5.56 Å². The van der Waals surface area contributed by atoms with Gasteiger partial charge in [-0.1, -0.05) is 15.9 Å². The molecule has 0 amide bonds. The van der Waals surface area contributed by atoms with E-state index < -0.39 is 0 Å². The van der Waals surface area contributed by atoms with Gasteiger partial charge in [0, 0.05) is 22.3 Å². The van der Waals surface area contributed by atoms with Crippen molar-refractivity contribution in [2.24, 2.45) is 0 Å². The van der Waals surface area contributed by atoms with E-state index >= 15 is 0 Å². The molecule has 1 aromatic carbocycles. The first-order valence-corrected chi connectivity index (χ1v) is 6.49. The van der Waals surface area contributed by atoms with Crippen LogP contribution in [0.15, 0.2) is 22.7 Å². The third-order valence-corrected chi connectivity index (χ3v) is 3.39. The lowest BCUT2D eigenvalue weighted by molar-refractivity contribution is 0.416. The first-order chi connectivity index (χ1) is 8.61. The van der Waals surface area contributed by atoms with Crippen LogP contribution in [-0.2, 0) is 6.54 Å². The molecule has 96 valence electrons. The highest BCUT2D eigenvalue weighted by Crippen LogP contribution is 2.28. The van der Waals surface area contributed by atoms with Crippen molar-refractivity contribution in [3.8, 4) is 5.75 Å². The maximum absolute atomic E-state index is 5.32. The van der Waals surface area contributed by atoms with Crippen molar-refractivity contribution in [1.29, 1.82) is 0 Å². The number of halogens is 1. The molecule has 18 heavy (non-hydrogen) atoms. The van der Waals surface area contributed by atoms with Gasteiger partial charge in [0.2, 0.25) is 0 Å². The molecule has 0 unspecified atom stereocenters. The number of rotatable bonds is 4. The molecule has 0 saturated heterocycles.